The Hall–Kier alpha value is -2.37. The second kappa shape index (κ2) is 8.83. The van der Waals surface area contributed by atoms with Crippen LogP contribution in [-0.4, -0.2) is 24.3 Å². The standard InChI is InChI=1S/C19H17Cl2NO4/c1-11(16-8-7-15(20)9-17(16)21)22-18(24)12(2)26-19(25)14-5-3-13(10-23)4-6-14/h3-12H,1-2H3,(H,22,24)/t11-,12+/m0/s1. The molecule has 1 N–H and O–H groups in total. The lowest BCUT2D eigenvalue weighted by atomic mass is 10.1. The maximum absolute atomic E-state index is 12.3. The normalized spacial score (nSPS) is 12.8. The first-order valence-electron chi connectivity index (χ1n) is 7.83. The smallest absolute Gasteiger partial charge is 0.338 e. The third-order valence-electron chi connectivity index (χ3n) is 3.72. The molecule has 0 aliphatic carbocycles. The van der Waals surface area contributed by atoms with Crippen molar-refractivity contribution in [2.24, 2.45) is 0 Å². The summed E-state index contributed by atoms with van der Waals surface area (Å²) in [7, 11) is 0. The van der Waals surface area contributed by atoms with Gasteiger partial charge in [-0.3, -0.25) is 9.59 Å². The molecule has 136 valence electrons. The summed E-state index contributed by atoms with van der Waals surface area (Å²) in [4.78, 5) is 35.0. The number of halogens is 2. The predicted molar refractivity (Wildman–Crippen MR) is 99.7 cm³/mol. The van der Waals surface area contributed by atoms with E-state index in [2.05, 4.69) is 5.32 Å². The van der Waals surface area contributed by atoms with E-state index in [-0.39, 0.29) is 11.6 Å². The minimum atomic E-state index is -0.998. The van der Waals surface area contributed by atoms with Crippen molar-refractivity contribution in [2.75, 3.05) is 0 Å². The van der Waals surface area contributed by atoms with Crippen LogP contribution in [0.25, 0.3) is 0 Å². The number of carbonyl (C=O) groups is 3. The first-order valence-corrected chi connectivity index (χ1v) is 8.59. The molecule has 26 heavy (non-hydrogen) atoms. The maximum Gasteiger partial charge on any atom is 0.338 e. The molecule has 2 rings (SSSR count). The summed E-state index contributed by atoms with van der Waals surface area (Å²) in [5, 5.41) is 3.68. The molecule has 5 nitrogen and oxygen atoms in total. The molecule has 2 aromatic rings. The number of ether oxygens (including phenoxy) is 1. The van der Waals surface area contributed by atoms with E-state index in [1.165, 1.54) is 31.2 Å². The zero-order valence-corrected chi connectivity index (χ0v) is 15.7. The van der Waals surface area contributed by atoms with Crippen LogP contribution in [0.1, 0.15) is 46.2 Å². The third kappa shape index (κ3) is 5.07. The van der Waals surface area contributed by atoms with Crippen molar-refractivity contribution in [2.45, 2.75) is 26.0 Å². The quantitative estimate of drug-likeness (QED) is 0.588. The largest absolute Gasteiger partial charge is 0.449 e. The number of rotatable bonds is 6. The fourth-order valence-corrected chi connectivity index (χ4v) is 2.81. The van der Waals surface area contributed by atoms with Gasteiger partial charge in [0.1, 0.15) is 6.29 Å². The van der Waals surface area contributed by atoms with Gasteiger partial charge >= 0.3 is 5.97 Å². The number of benzene rings is 2. The molecule has 0 aliphatic heterocycles. The third-order valence-corrected chi connectivity index (χ3v) is 4.29. The van der Waals surface area contributed by atoms with Crippen LogP contribution in [0.5, 0.6) is 0 Å². The molecule has 2 aromatic carbocycles. The molecule has 0 aromatic heterocycles. The fraction of sp³-hybridized carbons (Fsp3) is 0.211. The fourth-order valence-electron chi connectivity index (χ4n) is 2.24. The van der Waals surface area contributed by atoms with E-state index in [1.807, 2.05) is 0 Å². The molecule has 0 radical (unpaired) electrons. The molecule has 0 fully saturated rings. The lowest BCUT2D eigenvalue weighted by Gasteiger charge is -2.19. The Morgan fingerprint density at radius 1 is 1.08 bits per heavy atom. The van der Waals surface area contributed by atoms with Crippen LogP contribution in [0.3, 0.4) is 0 Å². The number of amides is 1. The molecule has 7 heteroatoms. The number of hydrogen-bond donors (Lipinski definition) is 1. The molecule has 0 saturated heterocycles. The molecule has 0 unspecified atom stereocenters. The van der Waals surface area contributed by atoms with Gasteiger partial charge in [-0.2, -0.15) is 0 Å². The van der Waals surface area contributed by atoms with Gasteiger partial charge in [-0.05, 0) is 43.7 Å². The SMILES string of the molecule is C[C@H](NC(=O)[C@@H](C)OC(=O)c1ccc(C=O)cc1)c1ccc(Cl)cc1Cl. The Bertz CT molecular complexity index is 821. The molecule has 2 atom stereocenters. The van der Waals surface area contributed by atoms with Gasteiger partial charge in [0.2, 0.25) is 0 Å². The van der Waals surface area contributed by atoms with Gasteiger partial charge in [-0.1, -0.05) is 41.4 Å². The van der Waals surface area contributed by atoms with Gasteiger partial charge in [0.05, 0.1) is 11.6 Å². The first kappa shape index (κ1) is 19.9. The van der Waals surface area contributed by atoms with Crippen LogP contribution in [0.2, 0.25) is 10.0 Å². The Kier molecular flexibility index (Phi) is 6.77. The number of esters is 1. The molecule has 0 spiro atoms. The van der Waals surface area contributed by atoms with E-state index in [9.17, 15) is 14.4 Å². The highest BCUT2D eigenvalue weighted by molar-refractivity contribution is 6.35. The zero-order chi connectivity index (χ0) is 19.3. The van der Waals surface area contributed by atoms with Gasteiger partial charge in [0, 0.05) is 15.6 Å². The highest BCUT2D eigenvalue weighted by Gasteiger charge is 2.21. The number of nitrogens with one attached hydrogen (secondary N) is 1. The minimum absolute atomic E-state index is 0.254. The van der Waals surface area contributed by atoms with Crippen LogP contribution in [0.4, 0.5) is 0 Å². The molecule has 0 heterocycles. The van der Waals surface area contributed by atoms with Crippen LogP contribution >= 0.6 is 23.2 Å². The van der Waals surface area contributed by atoms with Gasteiger partial charge in [0.25, 0.3) is 5.91 Å². The molecule has 0 bridgehead atoms. The summed E-state index contributed by atoms with van der Waals surface area (Å²) in [6.07, 6.45) is -0.323. The first-order chi connectivity index (χ1) is 12.3. The van der Waals surface area contributed by atoms with Crippen LogP contribution < -0.4 is 5.32 Å². The Morgan fingerprint density at radius 3 is 2.31 bits per heavy atom. The molecule has 0 aliphatic rings. The average molecular weight is 394 g/mol. The molecular formula is C19H17Cl2NO4. The summed E-state index contributed by atoms with van der Waals surface area (Å²) < 4.78 is 5.16. The van der Waals surface area contributed by atoms with Gasteiger partial charge in [-0.15, -0.1) is 0 Å². The Morgan fingerprint density at radius 2 is 1.73 bits per heavy atom. The number of carbonyl (C=O) groups excluding carboxylic acids is 3. The summed E-state index contributed by atoms with van der Waals surface area (Å²) in [5.41, 5.74) is 1.40. The van der Waals surface area contributed by atoms with Crippen LogP contribution in [-0.2, 0) is 9.53 Å². The summed E-state index contributed by atoms with van der Waals surface area (Å²) in [5.74, 6) is -1.11. The van der Waals surface area contributed by atoms with Crippen LogP contribution in [0, 0.1) is 0 Å². The Balaban J connectivity index is 1.97. The average Bonchev–Trinajstić information content (AvgIpc) is 2.61. The summed E-state index contributed by atoms with van der Waals surface area (Å²) >= 11 is 12.0. The highest BCUT2D eigenvalue weighted by Crippen LogP contribution is 2.26. The lowest BCUT2D eigenvalue weighted by molar-refractivity contribution is -0.129. The van der Waals surface area contributed by atoms with Crippen LogP contribution in [0.15, 0.2) is 42.5 Å². The van der Waals surface area contributed by atoms with Gasteiger partial charge in [0.15, 0.2) is 6.10 Å². The molecular weight excluding hydrogens is 377 g/mol. The van der Waals surface area contributed by atoms with Crippen molar-refractivity contribution in [3.05, 3.63) is 69.2 Å². The molecule has 1 amide bonds. The highest BCUT2D eigenvalue weighted by atomic mass is 35.5. The Labute approximate surface area is 161 Å². The van der Waals surface area contributed by atoms with Crippen molar-refractivity contribution in [1.29, 1.82) is 0 Å². The monoisotopic (exact) mass is 393 g/mol. The minimum Gasteiger partial charge on any atom is -0.449 e. The van der Waals surface area contributed by atoms with Crippen molar-refractivity contribution in [1.82, 2.24) is 5.32 Å². The lowest BCUT2D eigenvalue weighted by Crippen LogP contribution is -2.37. The number of hydrogen-bond acceptors (Lipinski definition) is 4. The summed E-state index contributed by atoms with van der Waals surface area (Å²) in [6.45, 7) is 3.24. The number of aldehydes is 1. The van der Waals surface area contributed by atoms with E-state index >= 15 is 0 Å². The maximum atomic E-state index is 12.3. The van der Waals surface area contributed by atoms with E-state index in [1.54, 1.807) is 25.1 Å². The predicted octanol–water partition coefficient (Wildman–Crippen LogP) is 4.23. The topological polar surface area (TPSA) is 72.5 Å². The van der Waals surface area contributed by atoms with Gasteiger partial charge in [-0.25, -0.2) is 4.79 Å². The van der Waals surface area contributed by atoms with Crippen molar-refractivity contribution < 1.29 is 19.1 Å². The van der Waals surface area contributed by atoms with Crippen molar-refractivity contribution in [3.63, 3.8) is 0 Å². The van der Waals surface area contributed by atoms with E-state index in [0.29, 0.717) is 27.5 Å². The van der Waals surface area contributed by atoms with E-state index in [4.69, 9.17) is 27.9 Å². The van der Waals surface area contributed by atoms with E-state index < -0.39 is 18.0 Å². The zero-order valence-electron chi connectivity index (χ0n) is 14.2. The van der Waals surface area contributed by atoms with Crippen molar-refractivity contribution in [3.8, 4) is 0 Å². The van der Waals surface area contributed by atoms with E-state index in [0.717, 1.165) is 0 Å². The van der Waals surface area contributed by atoms with Crippen molar-refractivity contribution >= 4 is 41.4 Å². The second-order valence-corrected chi connectivity index (χ2v) is 6.53. The molecule has 0 saturated carbocycles. The summed E-state index contributed by atoms with van der Waals surface area (Å²) in [6, 6.07) is 10.5. The van der Waals surface area contributed by atoms with Gasteiger partial charge < -0.3 is 10.1 Å². The second-order valence-electron chi connectivity index (χ2n) is 5.68.